The van der Waals surface area contributed by atoms with Crippen molar-refractivity contribution < 1.29 is 4.74 Å². The predicted molar refractivity (Wildman–Crippen MR) is 90.0 cm³/mol. The summed E-state index contributed by atoms with van der Waals surface area (Å²) in [4.78, 5) is 13.0. The minimum atomic E-state index is 0.0683. The van der Waals surface area contributed by atoms with Crippen LogP contribution in [-0.4, -0.2) is 7.11 Å². The highest BCUT2D eigenvalue weighted by molar-refractivity contribution is 7.19. The van der Waals surface area contributed by atoms with Gasteiger partial charge in [0.25, 0.3) is 0 Å². The van der Waals surface area contributed by atoms with E-state index in [1.807, 2.05) is 60.7 Å². The third-order valence-electron chi connectivity index (χ3n) is 3.21. The quantitative estimate of drug-likeness (QED) is 0.714. The molecule has 0 bridgehead atoms. The van der Waals surface area contributed by atoms with Crippen LogP contribution in [0.2, 0.25) is 0 Å². The van der Waals surface area contributed by atoms with Crippen molar-refractivity contribution in [2.75, 3.05) is 7.11 Å². The molecule has 0 saturated heterocycles. The Labute approximate surface area is 127 Å². The van der Waals surface area contributed by atoms with E-state index in [-0.39, 0.29) is 5.43 Å². The molecule has 3 aromatic rings. The molecule has 0 amide bonds. The summed E-state index contributed by atoms with van der Waals surface area (Å²) in [6.07, 6.45) is 3.97. The largest absolute Gasteiger partial charge is 0.497 e. The number of methoxy groups -OCH3 is 1. The second kappa shape index (κ2) is 5.94. The van der Waals surface area contributed by atoms with E-state index in [9.17, 15) is 4.79 Å². The first-order valence-corrected chi connectivity index (χ1v) is 7.43. The van der Waals surface area contributed by atoms with Gasteiger partial charge in [-0.2, -0.15) is 0 Å². The van der Waals surface area contributed by atoms with Crippen LogP contribution < -0.4 is 10.2 Å². The van der Waals surface area contributed by atoms with Gasteiger partial charge in [-0.3, -0.25) is 4.79 Å². The van der Waals surface area contributed by atoms with Crippen LogP contribution in [0.15, 0.2) is 59.4 Å². The molecule has 0 radical (unpaired) electrons. The number of fused-ring (bicyclic) bond motifs is 1. The molecule has 3 rings (SSSR count). The average Bonchev–Trinajstić information content (AvgIpc) is 2.53. The van der Waals surface area contributed by atoms with Crippen molar-refractivity contribution in [3.8, 4) is 5.75 Å². The van der Waals surface area contributed by atoms with Gasteiger partial charge in [-0.15, -0.1) is 11.3 Å². The van der Waals surface area contributed by atoms with Crippen molar-refractivity contribution in [2.45, 2.75) is 0 Å². The molecule has 0 aliphatic rings. The van der Waals surface area contributed by atoms with E-state index in [4.69, 9.17) is 4.74 Å². The minimum Gasteiger partial charge on any atom is -0.497 e. The molecule has 1 aromatic heterocycles. The number of hydrogen-bond donors (Lipinski definition) is 0. The van der Waals surface area contributed by atoms with Crippen LogP contribution >= 0.6 is 11.3 Å². The Kier molecular flexibility index (Phi) is 3.84. The SMILES string of the molecule is COc1ccc(/C=C/c2cc(=O)c3ccccc3s2)cc1. The van der Waals surface area contributed by atoms with Crippen molar-refractivity contribution in [3.63, 3.8) is 0 Å². The van der Waals surface area contributed by atoms with Crippen molar-refractivity contribution in [2.24, 2.45) is 0 Å². The fraction of sp³-hybridized carbons (Fsp3) is 0.0556. The summed E-state index contributed by atoms with van der Waals surface area (Å²) >= 11 is 1.62. The Morgan fingerprint density at radius 1 is 1.00 bits per heavy atom. The minimum absolute atomic E-state index is 0.0683. The summed E-state index contributed by atoms with van der Waals surface area (Å²) in [5, 5.41) is 0.782. The van der Waals surface area contributed by atoms with E-state index in [1.54, 1.807) is 24.5 Å². The Balaban J connectivity index is 1.93. The molecule has 0 aliphatic heterocycles. The fourth-order valence-corrected chi connectivity index (χ4v) is 3.08. The summed E-state index contributed by atoms with van der Waals surface area (Å²) in [6.45, 7) is 0. The smallest absolute Gasteiger partial charge is 0.188 e. The molecule has 1 heterocycles. The van der Waals surface area contributed by atoms with Crippen LogP contribution in [0.1, 0.15) is 10.4 Å². The highest BCUT2D eigenvalue weighted by Crippen LogP contribution is 2.21. The van der Waals surface area contributed by atoms with Gasteiger partial charge in [0, 0.05) is 21.0 Å². The van der Waals surface area contributed by atoms with E-state index in [1.165, 1.54) is 0 Å². The molecule has 0 aliphatic carbocycles. The van der Waals surface area contributed by atoms with Gasteiger partial charge in [0.1, 0.15) is 5.75 Å². The zero-order valence-electron chi connectivity index (χ0n) is 11.6. The maximum Gasteiger partial charge on any atom is 0.188 e. The van der Waals surface area contributed by atoms with Crippen LogP contribution in [0.3, 0.4) is 0 Å². The zero-order valence-corrected chi connectivity index (χ0v) is 12.4. The molecular weight excluding hydrogens is 280 g/mol. The van der Waals surface area contributed by atoms with E-state index >= 15 is 0 Å². The van der Waals surface area contributed by atoms with Crippen LogP contribution in [0, 0.1) is 0 Å². The van der Waals surface area contributed by atoms with Crippen LogP contribution in [0.4, 0.5) is 0 Å². The van der Waals surface area contributed by atoms with E-state index in [0.29, 0.717) is 0 Å². The van der Waals surface area contributed by atoms with Crippen LogP contribution in [0.5, 0.6) is 5.75 Å². The number of ether oxygens (including phenoxy) is 1. The summed E-state index contributed by atoms with van der Waals surface area (Å²) < 4.78 is 6.15. The van der Waals surface area contributed by atoms with Crippen molar-refractivity contribution in [3.05, 3.63) is 75.3 Å². The topological polar surface area (TPSA) is 26.3 Å². The van der Waals surface area contributed by atoms with Gasteiger partial charge in [0.2, 0.25) is 0 Å². The second-order valence-electron chi connectivity index (χ2n) is 4.62. The molecule has 0 spiro atoms. The molecule has 104 valence electrons. The maximum atomic E-state index is 12.1. The fourth-order valence-electron chi connectivity index (χ4n) is 2.10. The van der Waals surface area contributed by atoms with Gasteiger partial charge < -0.3 is 4.74 Å². The zero-order chi connectivity index (χ0) is 14.7. The van der Waals surface area contributed by atoms with Crippen molar-refractivity contribution >= 4 is 33.6 Å². The number of benzene rings is 2. The molecule has 0 atom stereocenters. The highest BCUT2D eigenvalue weighted by atomic mass is 32.1. The molecule has 0 N–H and O–H groups in total. The number of rotatable bonds is 3. The Morgan fingerprint density at radius 3 is 2.52 bits per heavy atom. The monoisotopic (exact) mass is 294 g/mol. The first kappa shape index (κ1) is 13.6. The molecule has 21 heavy (non-hydrogen) atoms. The van der Waals surface area contributed by atoms with Gasteiger partial charge in [-0.05, 0) is 35.9 Å². The predicted octanol–water partition coefficient (Wildman–Crippen LogP) is 4.44. The Hall–Kier alpha value is -2.39. The maximum absolute atomic E-state index is 12.1. The molecular formula is C18H14O2S. The standard InChI is InChI=1S/C18H14O2S/c1-20-14-9-6-13(7-10-14)8-11-15-12-17(19)16-4-2-3-5-18(16)21-15/h2-12H,1H3/b11-8+. The molecule has 2 nitrogen and oxygen atoms in total. The second-order valence-corrected chi connectivity index (χ2v) is 5.73. The molecule has 0 fully saturated rings. The molecule has 2 aromatic carbocycles. The number of hydrogen-bond acceptors (Lipinski definition) is 3. The first-order chi connectivity index (χ1) is 10.3. The third-order valence-corrected chi connectivity index (χ3v) is 4.28. The summed E-state index contributed by atoms with van der Waals surface area (Å²) in [5.41, 5.74) is 1.14. The lowest BCUT2D eigenvalue weighted by molar-refractivity contribution is 0.415. The van der Waals surface area contributed by atoms with Gasteiger partial charge >= 0.3 is 0 Å². The first-order valence-electron chi connectivity index (χ1n) is 6.61. The van der Waals surface area contributed by atoms with Crippen LogP contribution in [-0.2, 0) is 0 Å². The third kappa shape index (κ3) is 3.03. The Bertz CT molecular complexity index is 845. The highest BCUT2D eigenvalue weighted by Gasteiger charge is 2.00. The molecule has 3 heteroatoms. The van der Waals surface area contributed by atoms with Gasteiger partial charge in [0.15, 0.2) is 5.43 Å². The summed E-state index contributed by atoms with van der Waals surface area (Å²) in [5.74, 6) is 0.836. The average molecular weight is 294 g/mol. The van der Waals surface area contributed by atoms with Crippen molar-refractivity contribution in [1.29, 1.82) is 0 Å². The summed E-state index contributed by atoms with van der Waals surface area (Å²) in [6, 6.07) is 17.2. The molecule has 0 unspecified atom stereocenters. The van der Waals surface area contributed by atoms with E-state index in [2.05, 4.69) is 0 Å². The van der Waals surface area contributed by atoms with Gasteiger partial charge in [-0.1, -0.05) is 30.3 Å². The van der Waals surface area contributed by atoms with E-state index in [0.717, 1.165) is 26.3 Å². The van der Waals surface area contributed by atoms with Crippen LogP contribution in [0.25, 0.3) is 22.2 Å². The molecule has 0 saturated carbocycles. The Morgan fingerprint density at radius 2 is 1.76 bits per heavy atom. The summed E-state index contributed by atoms with van der Waals surface area (Å²) in [7, 11) is 1.65. The lowest BCUT2D eigenvalue weighted by Gasteiger charge is -2.00. The lowest BCUT2D eigenvalue weighted by Crippen LogP contribution is -1.98. The van der Waals surface area contributed by atoms with Crippen molar-refractivity contribution in [1.82, 2.24) is 0 Å². The van der Waals surface area contributed by atoms with Gasteiger partial charge in [0.05, 0.1) is 7.11 Å². The normalized spacial score (nSPS) is 11.1. The lowest BCUT2D eigenvalue weighted by atomic mass is 10.2. The van der Waals surface area contributed by atoms with Gasteiger partial charge in [-0.25, -0.2) is 0 Å². The van der Waals surface area contributed by atoms with E-state index < -0.39 is 0 Å².